The summed E-state index contributed by atoms with van der Waals surface area (Å²) >= 11 is 0. The van der Waals surface area contributed by atoms with Crippen LogP contribution in [0.25, 0.3) is 0 Å². The number of nitrogens with one attached hydrogen (secondary N) is 2. The normalized spacial score (nSPS) is 18.0. The fourth-order valence-electron chi connectivity index (χ4n) is 1.76. The summed E-state index contributed by atoms with van der Waals surface area (Å²) in [5.74, 6) is -0.212. The molecule has 1 unspecified atom stereocenters. The number of hydrogen-bond donors (Lipinski definition) is 2. The molecule has 0 aliphatic carbocycles. The van der Waals surface area contributed by atoms with Gasteiger partial charge < -0.3 is 20.3 Å². The Balaban J connectivity index is 2.34. The third-order valence-corrected chi connectivity index (χ3v) is 2.85. The van der Waals surface area contributed by atoms with Crippen LogP contribution in [0.1, 0.15) is 27.7 Å². The summed E-state index contributed by atoms with van der Waals surface area (Å²) in [6.07, 6.45) is 0. The van der Waals surface area contributed by atoms with Gasteiger partial charge in [-0.05, 0) is 27.7 Å². The maximum absolute atomic E-state index is 12.1. The maximum Gasteiger partial charge on any atom is 0.245 e. The van der Waals surface area contributed by atoms with Crippen LogP contribution in [0.4, 0.5) is 0 Å². The van der Waals surface area contributed by atoms with Crippen molar-refractivity contribution in [2.24, 2.45) is 0 Å². The summed E-state index contributed by atoms with van der Waals surface area (Å²) in [5, 5.41) is 5.80. The van der Waals surface area contributed by atoms with E-state index < -0.39 is 6.04 Å². The highest BCUT2D eigenvalue weighted by Crippen LogP contribution is 2.01. The van der Waals surface area contributed by atoms with Crippen LogP contribution in [0.2, 0.25) is 0 Å². The lowest BCUT2D eigenvalue weighted by atomic mass is 10.1. The number of rotatable bonds is 4. The Kier molecular flexibility index (Phi) is 5.75. The van der Waals surface area contributed by atoms with Gasteiger partial charge in [-0.1, -0.05) is 0 Å². The summed E-state index contributed by atoms with van der Waals surface area (Å²) in [7, 11) is 0. The second-order valence-electron chi connectivity index (χ2n) is 5.83. The van der Waals surface area contributed by atoms with Crippen molar-refractivity contribution in [1.82, 2.24) is 15.5 Å². The van der Waals surface area contributed by atoms with Gasteiger partial charge >= 0.3 is 0 Å². The lowest BCUT2D eigenvalue weighted by Gasteiger charge is -2.29. The third-order valence-electron chi connectivity index (χ3n) is 2.85. The molecule has 1 fully saturated rings. The maximum atomic E-state index is 12.1. The van der Waals surface area contributed by atoms with Gasteiger partial charge in [0, 0.05) is 18.6 Å². The minimum absolute atomic E-state index is 0.0487. The molecule has 1 rings (SSSR count). The molecule has 0 aromatic heterocycles. The molecular formula is C13H25N3O3. The lowest BCUT2D eigenvalue weighted by molar-refractivity contribution is -0.139. The van der Waals surface area contributed by atoms with E-state index in [1.165, 1.54) is 0 Å². The van der Waals surface area contributed by atoms with Gasteiger partial charge in [0.15, 0.2) is 0 Å². The molecule has 1 aliphatic rings. The molecule has 1 heterocycles. The molecule has 0 aromatic rings. The average molecular weight is 271 g/mol. The van der Waals surface area contributed by atoms with Crippen molar-refractivity contribution in [1.29, 1.82) is 0 Å². The average Bonchev–Trinajstić information content (AvgIpc) is 2.35. The van der Waals surface area contributed by atoms with Gasteiger partial charge in [-0.15, -0.1) is 0 Å². The quantitative estimate of drug-likeness (QED) is 0.739. The van der Waals surface area contributed by atoms with Crippen LogP contribution in [0.3, 0.4) is 0 Å². The molecule has 2 amide bonds. The lowest BCUT2D eigenvalue weighted by Crippen LogP contribution is -2.52. The largest absolute Gasteiger partial charge is 0.378 e. The summed E-state index contributed by atoms with van der Waals surface area (Å²) in [6, 6.07) is -0.493. The summed E-state index contributed by atoms with van der Waals surface area (Å²) in [5.41, 5.74) is -0.116. The highest BCUT2D eigenvalue weighted by Gasteiger charge is 2.23. The van der Waals surface area contributed by atoms with Gasteiger partial charge in [0.2, 0.25) is 11.8 Å². The van der Waals surface area contributed by atoms with E-state index in [9.17, 15) is 9.59 Å². The molecule has 0 aromatic carbocycles. The smallest absolute Gasteiger partial charge is 0.245 e. The molecule has 0 radical (unpaired) electrons. The van der Waals surface area contributed by atoms with Gasteiger partial charge in [0.1, 0.15) is 6.04 Å². The van der Waals surface area contributed by atoms with Crippen LogP contribution >= 0.6 is 0 Å². The van der Waals surface area contributed by atoms with E-state index in [2.05, 4.69) is 10.6 Å². The molecular weight excluding hydrogens is 246 g/mol. The first kappa shape index (κ1) is 15.9. The van der Waals surface area contributed by atoms with Gasteiger partial charge in [0.05, 0.1) is 19.8 Å². The Morgan fingerprint density at radius 3 is 2.37 bits per heavy atom. The van der Waals surface area contributed by atoms with Crippen molar-refractivity contribution < 1.29 is 14.3 Å². The van der Waals surface area contributed by atoms with Crippen molar-refractivity contribution in [3.63, 3.8) is 0 Å². The minimum atomic E-state index is -0.493. The number of carbonyl (C=O) groups is 2. The molecule has 19 heavy (non-hydrogen) atoms. The molecule has 0 bridgehead atoms. The van der Waals surface area contributed by atoms with E-state index in [-0.39, 0.29) is 23.9 Å². The molecule has 6 heteroatoms. The van der Waals surface area contributed by atoms with Crippen molar-refractivity contribution in [2.75, 3.05) is 32.8 Å². The minimum Gasteiger partial charge on any atom is -0.378 e. The van der Waals surface area contributed by atoms with Gasteiger partial charge in [0.25, 0.3) is 0 Å². The van der Waals surface area contributed by atoms with Crippen molar-refractivity contribution >= 4 is 11.8 Å². The van der Waals surface area contributed by atoms with Crippen LogP contribution in [-0.2, 0) is 14.3 Å². The zero-order chi connectivity index (χ0) is 14.5. The van der Waals surface area contributed by atoms with E-state index in [1.54, 1.807) is 11.8 Å². The van der Waals surface area contributed by atoms with Crippen LogP contribution in [0.15, 0.2) is 0 Å². The van der Waals surface area contributed by atoms with Crippen LogP contribution in [0, 0.1) is 0 Å². The van der Waals surface area contributed by atoms with Crippen molar-refractivity contribution in [3.05, 3.63) is 0 Å². The monoisotopic (exact) mass is 271 g/mol. The highest BCUT2D eigenvalue weighted by atomic mass is 16.5. The summed E-state index contributed by atoms with van der Waals surface area (Å²) in [4.78, 5) is 25.5. The van der Waals surface area contributed by atoms with Gasteiger partial charge in [-0.2, -0.15) is 0 Å². The summed E-state index contributed by atoms with van der Waals surface area (Å²) < 4.78 is 5.20. The number of carbonyl (C=O) groups excluding carboxylic acids is 2. The number of amides is 2. The Hall–Kier alpha value is -1.14. The standard InChI is InChI=1S/C13H25N3O3/c1-10(12(18)16-5-7-19-8-6-16)15-11(17)9-14-13(2,3)4/h10,14H,5-9H2,1-4H3,(H,15,17). The number of hydrogen-bond acceptors (Lipinski definition) is 4. The van der Waals surface area contributed by atoms with E-state index in [0.717, 1.165) is 0 Å². The van der Waals surface area contributed by atoms with E-state index >= 15 is 0 Å². The SMILES string of the molecule is CC(NC(=O)CNC(C)(C)C)C(=O)N1CCOCC1. The molecule has 110 valence electrons. The molecule has 0 spiro atoms. The van der Waals surface area contributed by atoms with Crippen molar-refractivity contribution in [2.45, 2.75) is 39.3 Å². The molecule has 1 aliphatic heterocycles. The number of nitrogens with zero attached hydrogens (tertiary/aromatic N) is 1. The fraction of sp³-hybridized carbons (Fsp3) is 0.846. The zero-order valence-corrected chi connectivity index (χ0v) is 12.3. The fourth-order valence-corrected chi connectivity index (χ4v) is 1.76. The topological polar surface area (TPSA) is 70.7 Å². The van der Waals surface area contributed by atoms with Crippen LogP contribution < -0.4 is 10.6 Å². The second kappa shape index (κ2) is 6.86. The molecule has 1 saturated heterocycles. The molecule has 1 atom stereocenters. The first-order valence-corrected chi connectivity index (χ1v) is 6.70. The van der Waals surface area contributed by atoms with Crippen molar-refractivity contribution in [3.8, 4) is 0 Å². The Morgan fingerprint density at radius 2 is 1.84 bits per heavy atom. The number of ether oxygens (including phenoxy) is 1. The number of morpholine rings is 1. The third kappa shape index (κ3) is 6.02. The van der Waals surface area contributed by atoms with E-state index in [1.807, 2.05) is 20.8 Å². The second-order valence-corrected chi connectivity index (χ2v) is 5.83. The Morgan fingerprint density at radius 1 is 1.26 bits per heavy atom. The Bertz CT molecular complexity index is 320. The molecule has 2 N–H and O–H groups in total. The Labute approximate surface area is 114 Å². The first-order chi connectivity index (χ1) is 8.79. The van der Waals surface area contributed by atoms with Gasteiger partial charge in [-0.25, -0.2) is 0 Å². The zero-order valence-electron chi connectivity index (χ0n) is 12.3. The van der Waals surface area contributed by atoms with Gasteiger partial charge in [-0.3, -0.25) is 9.59 Å². The predicted molar refractivity (Wildman–Crippen MR) is 72.8 cm³/mol. The van der Waals surface area contributed by atoms with Crippen LogP contribution in [0.5, 0.6) is 0 Å². The predicted octanol–water partition coefficient (Wildman–Crippen LogP) is -0.262. The molecule has 6 nitrogen and oxygen atoms in total. The molecule has 0 saturated carbocycles. The summed E-state index contributed by atoms with van der Waals surface area (Å²) in [6.45, 7) is 10.2. The van der Waals surface area contributed by atoms with E-state index in [4.69, 9.17) is 4.74 Å². The van der Waals surface area contributed by atoms with Crippen LogP contribution in [-0.4, -0.2) is 61.1 Å². The first-order valence-electron chi connectivity index (χ1n) is 6.70. The van der Waals surface area contributed by atoms with E-state index in [0.29, 0.717) is 26.3 Å². The highest BCUT2D eigenvalue weighted by molar-refractivity contribution is 5.88.